The predicted molar refractivity (Wildman–Crippen MR) is 119 cm³/mol. The molecule has 5 nitrogen and oxygen atoms in total. The number of nitrogens with zero attached hydrogens (tertiary/aromatic N) is 1. The first kappa shape index (κ1) is 21.2. The van der Waals surface area contributed by atoms with Crippen molar-refractivity contribution in [2.24, 2.45) is 0 Å². The molecule has 1 heterocycles. The van der Waals surface area contributed by atoms with E-state index >= 15 is 0 Å². The van der Waals surface area contributed by atoms with Gasteiger partial charge in [0.2, 0.25) is 0 Å². The SMILES string of the molecule is COc1cc(C2C3=C(CCCC3=O)N(C)C3=C2C(=O)CCC3)cc(Br)c1OC(C)C. The summed E-state index contributed by atoms with van der Waals surface area (Å²) in [4.78, 5) is 28.3. The highest BCUT2D eigenvalue weighted by Gasteiger charge is 2.42. The van der Waals surface area contributed by atoms with Crippen LogP contribution < -0.4 is 9.47 Å². The fraction of sp³-hybridized carbons (Fsp3) is 0.500. The summed E-state index contributed by atoms with van der Waals surface area (Å²) in [5, 5.41) is 0. The first-order valence-electron chi connectivity index (χ1n) is 10.6. The van der Waals surface area contributed by atoms with Gasteiger partial charge in [-0.15, -0.1) is 0 Å². The fourth-order valence-electron chi connectivity index (χ4n) is 4.94. The van der Waals surface area contributed by atoms with Crippen molar-refractivity contribution in [1.29, 1.82) is 0 Å². The van der Waals surface area contributed by atoms with Crippen LogP contribution in [0.2, 0.25) is 0 Å². The van der Waals surface area contributed by atoms with Crippen LogP contribution in [0.15, 0.2) is 39.1 Å². The zero-order valence-electron chi connectivity index (χ0n) is 18.0. The largest absolute Gasteiger partial charge is 0.493 e. The number of hydrogen-bond acceptors (Lipinski definition) is 5. The molecule has 0 saturated carbocycles. The monoisotopic (exact) mass is 473 g/mol. The highest BCUT2D eigenvalue weighted by Crippen LogP contribution is 2.50. The second-order valence-electron chi connectivity index (χ2n) is 8.47. The maximum absolute atomic E-state index is 13.1. The molecule has 0 N–H and O–H groups in total. The molecular weight excluding hydrogens is 446 g/mol. The summed E-state index contributed by atoms with van der Waals surface area (Å²) in [5.41, 5.74) is 4.60. The number of carbonyl (C=O) groups is 2. The lowest BCUT2D eigenvalue weighted by Gasteiger charge is -2.42. The van der Waals surface area contributed by atoms with Crippen LogP contribution in [-0.2, 0) is 9.59 Å². The zero-order chi connectivity index (χ0) is 21.6. The second-order valence-corrected chi connectivity index (χ2v) is 9.32. The van der Waals surface area contributed by atoms with Crippen molar-refractivity contribution in [2.75, 3.05) is 14.2 Å². The number of carbonyl (C=O) groups excluding carboxylic acids is 2. The molecule has 6 heteroatoms. The normalized spacial score (nSPS) is 20.0. The Morgan fingerprint density at radius 2 is 1.57 bits per heavy atom. The van der Waals surface area contributed by atoms with Crippen molar-refractivity contribution < 1.29 is 19.1 Å². The van der Waals surface area contributed by atoms with E-state index in [0.29, 0.717) is 24.3 Å². The summed E-state index contributed by atoms with van der Waals surface area (Å²) in [7, 11) is 3.62. The Balaban J connectivity index is 1.93. The van der Waals surface area contributed by atoms with Gasteiger partial charge in [0.25, 0.3) is 0 Å². The molecule has 0 bridgehead atoms. The Morgan fingerprint density at radius 3 is 2.07 bits per heavy atom. The first-order valence-corrected chi connectivity index (χ1v) is 11.4. The lowest BCUT2D eigenvalue weighted by molar-refractivity contribution is -0.117. The predicted octanol–water partition coefficient (Wildman–Crippen LogP) is 5.29. The zero-order valence-corrected chi connectivity index (χ0v) is 19.6. The molecule has 0 unspecified atom stereocenters. The molecular formula is C24H28BrNO4. The van der Waals surface area contributed by atoms with E-state index in [-0.39, 0.29) is 23.6 Å². The highest BCUT2D eigenvalue weighted by atomic mass is 79.9. The molecule has 1 aromatic rings. The number of Topliss-reactive ketones (excluding diaryl/α,β-unsaturated/α-hetero) is 2. The van der Waals surface area contributed by atoms with Crippen molar-refractivity contribution >= 4 is 27.5 Å². The molecule has 0 spiro atoms. The van der Waals surface area contributed by atoms with Crippen molar-refractivity contribution in [3.05, 3.63) is 44.7 Å². The quantitative estimate of drug-likeness (QED) is 0.594. The standard InChI is InChI=1S/C24H28BrNO4/c1-13(2)30-24-15(25)11-14(12-20(24)29-4)21-22-16(7-5-9-18(22)27)26(3)17-8-6-10-19(28)23(17)21/h11-13,21H,5-10H2,1-4H3. The van der Waals surface area contributed by atoms with E-state index in [1.54, 1.807) is 7.11 Å². The molecule has 0 saturated heterocycles. The first-order chi connectivity index (χ1) is 14.3. The maximum Gasteiger partial charge on any atom is 0.175 e. The molecule has 4 rings (SSSR count). The Bertz CT molecular complexity index is 932. The molecule has 0 radical (unpaired) electrons. The topological polar surface area (TPSA) is 55.8 Å². The number of benzene rings is 1. The summed E-state index contributed by atoms with van der Waals surface area (Å²) in [6, 6.07) is 3.91. The van der Waals surface area contributed by atoms with Crippen LogP contribution in [0.25, 0.3) is 0 Å². The molecule has 0 atom stereocenters. The molecule has 160 valence electrons. The average molecular weight is 474 g/mol. The van der Waals surface area contributed by atoms with Gasteiger partial charge in [-0.25, -0.2) is 0 Å². The van der Waals surface area contributed by atoms with Gasteiger partial charge in [-0.05, 0) is 73.2 Å². The van der Waals surface area contributed by atoms with Gasteiger partial charge in [0.1, 0.15) is 0 Å². The third-order valence-corrected chi connectivity index (χ3v) is 6.77. The van der Waals surface area contributed by atoms with Gasteiger partial charge in [0.05, 0.1) is 17.7 Å². The van der Waals surface area contributed by atoms with Crippen molar-refractivity contribution in [3.63, 3.8) is 0 Å². The van der Waals surface area contributed by atoms with Gasteiger partial charge in [-0.1, -0.05) is 0 Å². The van der Waals surface area contributed by atoms with E-state index in [1.807, 2.05) is 33.0 Å². The third kappa shape index (κ3) is 3.49. The second kappa shape index (κ2) is 8.22. The van der Waals surface area contributed by atoms with E-state index in [9.17, 15) is 9.59 Å². The molecule has 1 aliphatic heterocycles. The van der Waals surface area contributed by atoms with Crippen LogP contribution in [0.5, 0.6) is 11.5 Å². The van der Waals surface area contributed by atoms with Gasteiger partial charge in [0.15, 0.2) is 23.1 Å². The van der Waals surface area contributed by atoms with Crippen LogP contribution >= 0.6 is 15.9 Å². The minimum absolute atomic E-state index is 0.00662. The smallest absolute Gasteiger partial charge is 0.175 e. The summed E-state index contributed by atoms with van der Waals surface area (Å²) in [6.07, 6.45) is 4.52. The molecule has 1 aromatic carbocycles. The highest BCUT2D eigenvalue weighted by molar-refractivity contribution is 9.10. The summed E-state index contributed by atoms with van der Waals surface area (Å²) < 4.78 is 12.3. The van der Waals surface area contributed by atoms with Crippen LogP contribution in [-0.4, -0.2) is 36.7 Å². The van der Waals surface area contributed by atoms with Gasteiger partial charge >= 0.3 is 0 Å². The summed E-state index contributed by atoms with van der Waals surface area (Å²) in [6.45, 7) is 3.93. The Hall–Kier alpha value is -2.08. The van der Waals surface area contributed by atoms with Crippen LogP contribution in [0, 0.1) is 0 Å². The minimum Gasteiger partial charge on any atom is -0.493 e. The van der Waals surface area contributed by atoms with Gasteiger partial charge in [0, 0.05) is 48.3 Å². The molecule has 2 aliphatic carbocycles. The lowest BCUT2D eigenvalue weighted by Crippen LogP contribution is -2.37. The van der Waals surface area contributed by atoms with E-state index in [2.05, 4.69) is 20.8 Å². The number of rotatable bonds is 4. The molecule has 30 heavy (non-hydrogen) atoms. The van der Waals surface area contributed by atoms with E-state index in [0.717, 1.165) is 58.3 Å². The number of allylic oxidation sites excluding steroid dienone is 4. The minimum atomic E-state index is -0.343. The fourth-order valence-corrected chi connectivity index (χ4v) is 5.50. The number of methoxy groups -OCH3 is 1. The van der Waals surface area contributed by atoms with E-state index < -0.39 is 0 Å². The average Bonchev–Trinajstić information content (AvgIpc) is 2.70. The van der Waals surface area contributed by atoms with Crippen LogP contribution in [0.3, 0.4) is 0 Å². The third-order valence-electron chi connectivity index (χ3n) is 6.18. The number of ether oxygens (including phenoxy) is 2. The molecule has 3 aliphatic rings. The van der Waals surface area contributed by atoms with Gasteiger partial charge < -0.3 is 14.4 Å². The number of hydrogen-bond donors (Lipinski definition) is 0. The van der Waals surface area contributed by atoms with Gasteiger partial charge in [-0.3, -0.25) is 9.59 Å². The van der Waals surface area contributed by atoms with E-state index in [4.69, 9.17) is 9.47 Å². The molecule has 0 amide bonds. The van der Waals surface area contributed by atoms with Crippen molar-refractivity contribution in [2.45, 2.75) is 64.4 Å². The Labute approximate surface area is 186 Å². The Morgan fingerprint density at radius 1 is 1.00 bits per heavy atom. The Kier molecular flexibility index (Phi) is 5.80. The maximum atomic E-state index is 13.1. The molecule has 0 fully saturated rings. The molecule has 0 aromatic heterocycles. The lowest BCUT2D eigenvalue weighted by atomic mass is 9.71. The van der Waals surface area contributed by atoms with E-state index in [1.165, 1.54) is 0 Å². The van der Waals surface area contributed by atoms with Gasteiger partial charge in [-0.2, -0.15) is 0 Å². The van der Waals surface area contributed by atoms with Crippen LogP contribution in [0.4, 0.5) is 0 Å². The summed E-state index contributed by atoms with van der Waals surface area (Å²) in [5.74, 6) is 1.19. The van der Waals surface area contributed by atoms with Crippen LogP contribution in [0.1, 0.15) is 63.9 Å². The van der Waals surface area contributed by atoms with Crippen molar-refractivity contribution in [1.82, 2.24) is 4.90 Å². The summed E-state index contributed by atoms with van der Waals surface area (Å²) >= 11 is 3.63. The van der Waals surface area contributed by atoms with Crippen molar-refractivity contribution in [3.8, 4) is 11.5 Å². The number of ketones is 2. The number of halogens is 1.